The first-order valence-electron chi connectivity index (χ1n) is 6.30. The Hall–Kier alpha value is -1.69. The molecule has 2 aromatic carbocycles. The van der Waals surface area contributed by atoms with E-state index in [0.29, 0.717) is 5.39 Å². The topological polar surface area (TPSA) is 18.5 Å². The third-order valence-electron chi connectivity index (χ3n) is 3.13. The smallest absolute Gasteiger partial charge is 0.494 e. The van der Waals surface area contributed by atoms with E-state index >= 15 is 0 Å². The van der Waals surface area contributed by atoms with Crippen LogP contribution in [-0.2, 0) is 4.74 Å². The van der Waals surface area contributed by atoms with Crippen molar-refractivity contribution in [2.75, 3.05) is 13.7 Å². The molecule has 0 aliphatic carbocycles. The van der Waals surface area contributed by atoms with Crippen LogP contribution in [0, 0.1) is 0 Å². The zero-order chi connectivity index (χ0) is 14.8. The van der Waals surface area contributed by atoms with Gasteiger partial charge in [-0.1, -0.05) is 35.8 Å². The van der Waals surface area contributed by atoms with Gasteiger partial charge in [0.15, 0.2) is 0 Å². The fraction of sp³-hybridized carbons (Fsp3) is 0.286. The zero-order valence-electron chi connectivity index (χ0n) is 11.3. The summed E-state index contributed by atoms with van der Waals surface area (Å²) in [6.07, 6.45) is -0.268. The van der Waals surface area contributed by atoms with Crippen molar-refractivity contribution in [3.63, 3.8) is 0 Å². The molecule has 108 valence electrons. The summed E-state index contributed by atoms with van der Waals surface area (Å²) in [6, 6.07) is 9.43. The Morgan fingerprint density at radius 1 is 1.10 bits per heavy atom. The Kier molecular flexibility index (Phi) is 4.23. The summed E-state index contributed by atoms with van der Waals surface area (Å²) in [5.41, 5.74) is -0.675. The number of methoxy groups -OCH3 is 1. The standard InChI is InChI=1S/C14H15BF3O2/c1-10(19-2)9-20-13-8-7-11-5-3-4-6-12(11)14(13)15(16,17)18/h3-8,10H,9H2,1-2H3/q-1. The predicted octanol–water partition coefficient (Wildman–Crippen LogP) is 3.31. The summed E-state index contributed by atoms with van der Waals surface area (Å²) in [5.74, 6) is -0.139. The average Bonchev–Trinajstić information content (AvgIpc) is 2.42. The normalized spacial score (nSPS) is 13.4. The second kappa shape index (κ2) is 5.75. The number of fused-ring (bicyclic) bond motifs is 1. The minimum atomic E-state index is -5.15. The minimum absolute atomic E-state index is 0.0774. The van der Waals surface area contributed by atoms with Crippen LogP contribution in [0.3, 0.4) is 0 Å². The highest BCUT2D eigenvalue weighted by atomic mass is 19.4. The van der Waals surface area contributed by atoms with Crippen LogP contribution in [0.25, 0.3) is 10.8 Å². The van der Waals surface area contributed by atoms with E-state index in [9.17, 15) is 12.9 Å². The molecule has 2 rings (SSSR count). The number of hydrogen-bond acceptors (Lipinski definition) is 2. The lowest BCUT2D eigenvalue weighted by molar-refractivity contribution is 0.0720. The maximum atomic E-state index is 13.3. The Labute approximate surface area is 115 Å². The molecule has 0 amide bonds. The van der Waals surface area contributed by atoms with E-state index in [1.807, 2.05) is 0 Å². The highest BCUT2D eigenvalue weighted by Gasteiger charge is 2.31. The van der Waals surface area contributed by atoms with Crippen LogP contribution in [0.5, 0.6) is 5.75 Å². The first kappa shape index (κ1) is 14.7. The highest BCUT2D eigenvalue weighted by molar-refractivity contribution is 6.76. The van der Waals surface area contributed by atoms with Crippen LogP contribution in [0.2, 0.25) is 0 Å². The van der Waals surface area contributed by atoms with Gasteiger partial charge in [0.05, 0.1) is 11.9 Å². The monoisotopic (exact) mass is 283 g/mol. The SMILES string of the molecule is COC(C)COc1ccc2ccccc2c1[B-](F)(F)F. The summed E-state index contributed by atoms with van der Waals surface area (Å²) in [4.78, 5) is 0. The molecule has 20 heavy (non-hydrogen) atoms. The second-order valence-corrected chi connectivity index (χ2v) is 4.63. The van der Waals surface area contributed by atoms with E-state index in [2.05, 4.69) is 0 Å². The molecule has 2 nitrogen and oxygen atoms in total. The van der Waals surface area contributed by atoms with Crippen LogP contribution in [0.1, 0.15) is 6.92 Å². The van der Waals surface area contributed by atoms with Crippen molar-refractivity contribution >= 4 is 23.2 Å². The number of hydrogen-bond donors (Lipinski definition) is 0. The Morgan fingerprint density at radius 3 is 2.45 bits per heavy atom. The minimum Gasteiger partial charge on any atom is -0.494 e. The van der Waals surface area contributed by atoms with Gasteiger partial charge in [-0.3, -0.25) is 0 Å². The third-order valence-corrected chi connectivity index (χ3v) is 3.13. The molecule has 0 fully saturated rings. The van der Waals surface area contributed by atoms with Gasteiger partial charge in [-0.2, -0.15) is 0 Å². The lowest BCUT2D eigenvalue weighted by Gasteiger charge is -2.23. The van der Waals surface area contributed by atoms with Gasteiger partial charge in [-0.15, -0.1) is 0 Å². The molecule has 0 bridgehead atoms. The zero-order valence-corrected chi connectivity index (χ0v) is 11.3. The summed E-state index contributed by atoms with van der Waals surface area (Å²) < 4.78 is 50.3. The van der Waals surface area contributed by atoms with Gasteiger partial charge in [0.1, 0.15) is 6.61 Å². The molecule has 0 aliphatic rings. The fourth-order valence-corrected chi connectivity index (χ4v) is 2.01. The molecule has 0 heterocycles. The molecule has 6 heteroatoms. The Balaban J connectivity index is 2.48. The van der Waals surface area contributed by atoms with E-state index in [1.165, 1.54) is 19.2 Å². The lowest BCUT2D eigenvalue weighted by atomic mass is 9.76. The quantitative estimate of drug-likeness (QED) is 0.784. The molecule has 0 saturated carbocycles. The second-order valence-electron chi connectivity index (χ2n) is 4.63. The van der Waals surface area contributed by atoms with Crippen molar-refractivity contribution in [1.29, 1.82) is 0 Å². The van der Waals surface area contributed by atoms with Crippen LogP contribution in [0.15, 0.2) is 36.4 Å². The van der Waals surface area contributed by atoms with Gasteiger partial charge in [0.2, 0.25) is 0 Å². The molecular formula is C14H15BF3O2-. The van der Waals surface area contributed by atoms with Gasteiger partial charge >= 0.3 is 6.98 Å². The van der Waals surface area contributed by atoms with Gasteiger partial charge < -0.3 is 22.4 Å². The predicted molar refractivity (Wildman–Crippen MR) is 74.6 cm³/mol. The van der Waals surface area contributed by atoms with E-state index in [1.54, 1.807) is 31.2 Å². The van der Waals surface area contributed by atoms with Gasteiger partial charge in [0.25, 0.3) is 0 Å². The first-order valence-corrected chi connectivity index (χ1v) is 6.30. The number of halogens is 3. The van der Waals surface area contributed by atoms with Crippen molar-refractivity contribution in [3.8, 4) is 5.75 Å². The van der Waals surface area contributed by atoms with Crippen LogP contribution >= 0.6 is 0 Å². The van der Waals surface area contributed by atoms with Crippen molar-refractivity contribution in [1.82, 2.24) is 0 Å². The average molecular weight is 283 g/mol. The molecule has 0 aliphatic heterocycles. The molecule has 0 spiro atoms. The van der Waals surface area contributed by atoms with E-state index < -0.39 is 12.4 Å². The molecule has 0 saturated heterocycles. The van der Waals surface area contributed by atoms with Gasteiger partial charge in [0, 0.05) is 7.11 Å². The first-order chi connectivity index (χ1) is 9.43. The molecule has 0 N–H and O–H groups in total. The molecule has 1 unspecified atom stereocenters. The van der Waals surface area contributed by atoms with Crippen molar-refractivity contribution in [2.24, 2.45) is 0 Å². The molecular weight excluding hydrogens is 268 g/mol. The summed E-state index contributed by atoms with van der Waals surface area (Å²) in [7, 11) is 1.49. The van der Waals surface area contributed by atoms with Crippen molar-refractivity contribution < 1.29 is 22.4 Å². The van der Waals surface area contributed by atoms with E-state index in [-0.39, 0.29) is 23.8 Å². The molecule has 0 radical (unpaired) electrons. The fourth-order valence-electron chi connectivity index (χ4n) is 2.01. The van der Waals surface area contributed by atoms with Gasteiger partial charge in [-0.25, -0.2) is 0 Å². The molecule has 1 atom stereocenters. The van der Waals surface area contributed by atoms with Crippen molar-refractivity contribution in [3.05, 3.63) is 36.4 Å². The molecule has 0 aromatic heterocycles. The maximum absolute atomic E-state index is 13.3. The van der Waals surface area contributed by atoms with E-state index in [4.69, 9.17) is 9.47 Å². The highest BCUT2D eigenvalue weighted by Crippen LogP contribution is 2.25. The van der Waals surface area contributed by atoms with Crippen molar-refractivity contribution in [2.45, 2.75) is 13.0 Å². The largest absolute Gasteiger partial charge is 0.513 e. The van der Waals surface area contributed by atoms with Crippen LogP contribution in [0.4, 0.5) is 12.9 Å². The summed E-state index contributed by atoms with van der Waals surface area (Å²) >= 11 is 0. The number of ether oxygens (including phenoxy) is 2. The van der Waals surface area contributed by atoms with Crippen LogP contribution < -0.4 is 10.2 Å². The Bertz CT molecular complexity index is 598. The van der Waals surface area contributed by atoms with Crippen LogP contribution in [-0.4, -0.2) is 26.8 Å². The number of rotatable bonds is 5. The molecule has 2 aromatic rings. The lowest BCUT2D eigenvalue weighted by Crippen LogP contribution is -2.36. The summed E-state index contributed by atoms with van der Waals surface area (Å²) in [5, 5.41) is 0.719. The number of benzene rings is 2. The van der Waals surface area contributed by atoms with Gasteiger partial charge in [-0.05, 0) is 23.8 Å². The maximum Gasteiger partial charge on any atom is 0.513 e. The van der Waals surface area contributed by atoms with E-state index in [0.717, 1.165) is 0 Å². The Morgan fingerprint density at radius 2 is 1.80 bits per heavy atom. The third kappa shape index (κ3) is 3.07. The summed E-state index contributed by atoms with van der Waals surface area (Å²) in [6.45, 7) is -3.34.